The predicted octanol–water partition coefficient (Wildman–Crippen LogP) is 4.15. The summed E-state index contributed by atoms with van der Waals surface area (Å²) >= 11 is 0. The fourth-order valence-electron chi connectivity index (χ4n) is 3.02. The van der Waals surface area contributed by atoms with E-state index in [0.717, 1.165) is 11.8 Å². The van der Waals surface area contributed by atoms with Crippen LogP contribution in [0.4, 0.5) is 0 Å². The fourth-order valence-corrected chi connectivity index (χ4v) is 7.19. The van der Waals surface area contributed by atoms with Crippen LogP contribution in [0.2, 0.25) is 25.2 Å². The van der Waals surface area contributed by atoms with Crippen LogP contribution in [-0.2, 0) is 0 Å². The van der Waals surface area contributed by atoms with Gasteiger partial charge in [-0.05, 0) is 11.8 Å². The third-order valence-electron chi connectivity index (χ3n) is 3.48. The van der Waals surface area contributed by atoms with Gasteiger partial charge in [0.1, 0.15) is 0 Å². The third kappa shape index (κ3) is 2.35. The molecular formula is C11H24Si. The lowest BCUT2D eigenvalue weighted by atomic mass is 9.90. The highest BCUT2D eigenvalue weighted by Crippen LogP contribution is 2.43. The molecule has 1 aliphatic heterocycles. The zero-order valence-corrected chi connectivity index (χ0v) is 10.2. The molecule has 1 heteroatoms. The zero-order valence-electron chi connectivity index (χ0n) is 9.19. The Kier molecular flexibility index (Phi) is 3.39. The fraction of sp³-hybridized carbons (Fsp3) is 1.00. The monoisotopic (exact) mass is 184 g/mol. The molecule has 0 aromatic rings. The normalized spacial score (nSPS) is 34.0. The Balaban J connectivity index is 2.50. The van der Waals surface area contributed by atoms with E-state index in [0.29, 0.717) is 0 Å². The molecule has 0 N–H and O–H groups in total. The first-order valence-corrected chi connectivity index (χ1v) is 9.00. The summed E-state index contributed by atoms with van der Waals surface area (Å²) in [5.74, 6) is 2.19. The molecule has 72 valence electrons. The molecular weight excluding hydrogens is 160 g/mol. The molecule has 0 aromatic carbocycles. The molecule has 0 spiro atoms. The van der Waals surface area contributed by atoms with Gasteiger partial charge >= 0.3 is 0 Å². The van der Waals surface area contributed by atoms with Gasteiger partial charge in [0, 0.05) is 8.07 Å². The molecule has 1 heterocycles. The van der Waals surface area contributed by atoms with Crippen molar-refractivity contribution in [3.63, 3.8) is 0 Å². The summed E-state index contributed by atoms with van der Waals surface area (Å²) in [4.78, 5) is 0. The summed E-state index contributed by atoms with van der Waals surface area (Å²) in [5.41, 5.74) is 0. The number of hydrogen-bond donors (Lipinski definition) is 0. The smallest absolute Gasteiger partial charge is 0.0479 e. The highest BCUT2D eigenvalue weighted by molar-refractivity contribution is 6.78. The van der Waals surface area contributed by atoms with Crippen LogP contribution in [0.25, 0.3) is 0 Å². The summed E-state index contributed by atoms with van der Waals surface area (Å²) in [6.45, 7) is 9.86. The highest BCUT2D eigenvalue weighted by atomic mass is 28.3. The summed E-state index contributed by atoms with van der Waals surface area (Å²) in [6, 6.07) is 3.22. The van der Waals surface area contributed by atoms with Crippen molar-refractivity contribution in [2.75, 3.05) is 0 Å². The van der Waals surface area contributed by atoms with E-state index in [2.05, 4.69) is 26.9 Å². The van der Waals surface area contributed by atoms with E-state index in [1.807, 2.05) is 0 Å². The largest absolute Gasteiger partial charge is 0.0693 e. The van der Waals surface area contributed by atoms with Crippen LogP contribution < -0.4 is 0 Å². The highest BCUT2D eigenvalue weighted by Gasteiger charge is 2.38. The van der Waals surface area contributed by atoms with E-state index in [1.165, 1.54) is 19.3 Å². The molecule has 1 aliphatic rings. The average molecular weight is 184 g/mol. The SMILES string of the molecule is CCCC1C[Si](C)(C)CC1CC. The Morgan fingerprint density at radius 2 is 1.67 bits per heavy atom. The molecule has 1 fully saturated rings. The lowest BCUT2D eigenvalue weighted by Gasteiger charge is -2.16. The van der Waals surface area contributed by atoms with Crippen LogP contribution in [-0.4, -0.2) is 8.07 Å². The molecule has 0 nitrogen and oxygen atoms in total. The van der Waals surface area contributed by atoms with Gasteiger partial charge in [-0.2, -0.15) is 0 Å². The van der Waals surface area contributed by atoms with Crippen molar-refractivity contribution in [3.05, 3.63) is 0 Å². The summed E-state index contributed by atoms with van der Waals surface area (Å²) in [7, 11) is -0.724. The van der Waals surface area contributed by atoms with Crippen molar-refractivity contribution in [3.8, 4) is 0 Å². The number of hydrogen-bond acceptors (Lipinski definition) is 0. The summed E-state index contributed by atoms with van der Waals surface area (Å²) in [6.07, 6.45) is 4.32. The minimum atomic E-state index is -0.724. The minimum Gasteiger partial charge on any atom is -0.0693 e. The molecule has 1 rings (SSSR count). The van der Waals surface area contributed by atoms with Gasteiger partial charge in [0.05, 0.1) is 0 Å². The Morgan fingerprint density at radius 3 is 2.17 bits per heavy atom. The predicted molar refractivity (Wildman–Crippen MR) is 59.3 cm³/mol. The third-order valence-corrected chi connectivity index (χ3v) is 6.74. The van der Waals surface area contributed by atoms with Gasteiger partial charge in [0.2, 0.25) is 0 Å². The molecule has 0 aromatic heterocycles. The van der Waals surface area contributed by atoms with Crippen molar-refractivity contribution in [1.82, 2.24) is 0 Å². The lowest BCUT2D eigenvalue weighted by molar-refractivity contribution is 0.374. The molecule has 12 heavy (non-hydrogen) atoms. The van der Waals surface area contributed by atoms with Crippen molar-refractivity contribution in [2.24, 2.45) is 11.8 Å². The van der Waals surface area contributed by atoms with Crippen LogP contribution in [0.3, 0.4) is 0 Å². The van der Waals surface area contributed by atoms with Gasteiger partial charge in [0.15, 0.2) is 0 Å². The van der Waals surface area contributed by atoms with Crippen molar-refractivity contribution in [2.45, 2.75) is 58.3 Å². The maximum atomic E-state index is 2.57. The summed E-state index contributed by atoms with van der Waals surface area (Å²) < 4.78 is 0. The van der Waals surface area contributed by atoms with E-state index in [9.17, 15) is 0 Å². The van der Waals surface area contributed by atoms with Crippen molar-refractivity contribution in [1.29, 1.82) is 0 Å². The Hall–Kier alpha value is 0.217. The van der Waals surface area contributed by atoms with Gasteiger partial charge in [-0.1, -0.05) is 58.3 Å². The first-order valence-electron chi connectivity index (χ1n) is 5.59. The summed E-state index contributed by atoms with van der Waals surface area (Å²) in [5, 5.41) is 0. The average Bonchev–Trinajstić information content (AvgIpc) is 2.26. The molecule has 0 bridgehead atoms. The molecule has 2 atom stereocenters. The van der Waals surface area contributed by atoms with Gasteiger partial charge in [0.25, 0.3) is 0 Å². The van der Waals surface area contributed by atoms with Crippen molar-refractivity contribution < 1.29 is 0 Å². The second-order valence-corrected chi connectivity index (χ2v) is 10.4. The van der Waals surface area contributed by atoms with Crippen LogP contribution >= 0.6 is 0 Å². The second-order valence-electron chi connectivity index (χ2n) is 5.29. The topological polar surface area (TPSA) is 0 Å². The van der Waals surface area contributed by atoms with Crippen LogP contribution in [0, 0.1) is 11.8 Å². The van der Waals surface area contributed by atoms with E-state index in [4.69, 9.17) is 0 Å². The van der Waals surface area contributed by atoms with Gasteiger partial charge in [-0.25, -0.2) is 0 Å². The van der Waals surface area contributed by atoms with Crippen molar-refractivity contribution >= 4 is 8.07 Å². The van der Waals surface area contributed by atoms with Crippen LogP contribution in [0.15, 0.2) is 0 Å². The lowest BCUT2D eigenvalue weighted by Crippen LogP contribution is -2.19. The molecule has 0 radical (unpaired) electrons. The standard InChI is InChI=1S/C11H24Si/c1-5-7-11-9-12(3,4)8-10(11)6-2/h10-11H,5-9H2,1-4H3. The molecule has 2 unspecified atom stereocenters. The Morgan fingerprint density at radius 1 is 1.08 bits per heavy atom. The van der Waals surface area contributed by atoms with E-state index >= 15 is 0 Å². The quantitative estimate of drug-likeness (QED) is 0.578. The van der Waals surface area contributed by atoms with Crippen LogP contribution in [0.5, 0.6) is 0 Å². The number of rotatable bonds is 3. The molecule has 0 saturated carbocycles. The molecule has 0 aliphatic carbocycles. The van der Waals surface area contributed by atoms with Gasteiger partial charge in [-0.15, -0.1) is 0 Å². The molecule has 1 saturated heterocycles. The second kappa shape index (κ2) is 3.95. The molecule has 0 amide bonds. The Labute approximate surface area is 78.8 Å². The van der Waals surface area contributed by atoms with Crippen LogP contribution in [0.1, 0.15) is 33.1 Å². The maximum absolute atomic E-state index is 2.57. The van der Waals surface area contributed by atoms with E-state index < -0.39 is 8.07 Å². The maximum Gasteiger partial charge on any atom is 0.0479 e. The first kappa shape index (κ1) is 10.3. The Bertz CT molecular complexity index is 140. The first-order chi connectivity index (χ1) is 5.59. The van der Waals surface area contributed by atoms with Gasteiger partial charge < -0.3 is 0 Å². The minimum absolute atomic E-state index is 0.724. The van der Waals surface area contributed by atoms with E-state index in [1.54, 1.807) is 12.1 Å². The van der Waals surface area contributed by atoms with Gasteiger partial charge in [-0.3, -0.25) is 0 Å². The van der Waals surface area contributed by atoms with E-state index in [-0.39, 0.29) is 0 Å². The zero-order chi connectivity index (χ0) is 9.19.